The molecule has 3 amide bonds. The standard InChI is InChI=1S/C20H23N3O3.ClH/c21-11-1-2-12-22-17(24)10-5-13-23-19(25)15-8-3-6-14-7-4-9-16(18(14)15)20(23)26;/h3-4,6-9H,1-2,5,10-13,21H2,(H,22,24);1H. The number of unbranched alkanes of at least 4 members (excludes halogenated alkanes) is 1. The van der Waals surface area contributed by atoms with Crippen molar-refractivity contribution in [3.05, 3.63) is 47.5 Å². The molecule has 1 heterocycles. The van der Waals surface area contributed by atoms with Crippen LogP contribution in [-0.4, -0.2) is 42.3 Å². The summed E-state index contributed by atoms with van der Waals surface area (Å²) < 4.78 is 0. The van der Waals surface area contributed by atoms with Crippen LogP contribution in [0.5, 0.6) is 0 Å². The van der Waals surface area contributed by atoms with Crippen molar-refractivity contribution in [1.29, 1.82) is 0 Å². The van der Waals surface area contributed by atoms with Gasteiger partial charge in [-0.2, -0.15) is 0 Å². The van der Waals surface area contributed by atoms with E-state index in [1.807, 2.05) is 24.3 Å². The minimum Gasteiger partial charge on any atom is -0.356 e. The molecule has 6 nitrogen and oxygen atoms in total. The number of nitrogens with two attached hydrogens (primary N) is 1. The van der Waals surface area contributed by atoms with Gasteiger partial charge in [0.2, 0.25) is 5.91 Å². The van der Waals surface area contributed by atoms with Crippen LogP contribution in [0, 0.1) is 0 Å². The highest BCUT2D eigenvalue weighted by molar-refractivity contribution is 6.25. The van der Waals surface area contributed by atoms with Crippen molar-refractivity contribution in [3.63, 3.8) is 0 Å². The summed E-state index contributed by atoms with van der Waals surface area (Å²) in [7, 11) is 0. The quantitative estimate of drug-likeness (QED) is 0.536. The SMILES string of the molecule is Cl.NCCCCNC(=O)CCCN1C(=O)c2cccc3cccc(c23)C1=O. The number of benzene rings is 2. The van der Waals surface area contributed by atoms with Crippen molar-refractivity contribution in [2.45, 2.75) is 25.7 Å². The lowest BCUT2D eigenvalue weighted by atomic mass is 9.94. The largest absolute Gasteiger partial charge is 0.356 e. The Morgan fingerprint density at radius 1 is 0.963 bits per heavy atom. The fourth-order valence-electron chi connectivity index (χ4n) is 3.27. The zero-order chi connectivity index (χ0) is 18.5. The molecule has 0 spiro atoms. The van der Waals surface area contributed by atoms with Gasteiger partial charge in [-0.3, -0.25) is 19.3 Å². The lowest BCUT2D eigenvalue weighted by molar-refractivity contribution is -0.121. The van der Waals surface area contributed by atoms with Crippen LogP contribution in [0.3, 0.4) is 0 Å². The van der Waals surface area contributed by atoms with E-state index < -0.39 is 0 Å². The summed E-state index contributed by atoms with van der Waals surface area (Å²) in [5, 5.41) is 4.43. The number of hydrogen-bond donors (Lipinski definition) is 2. The van der Waals surface area contributed by atoms with Crippen molar-refractivity contribution < 1.29 is 14.4 Å². The predicted octanol–water partition coefficient (Wildman–Crippen LogP) is 2.49. The summed E-state index contributed by atoms with van der Waals surface area (Å²) >= 11 is 0. The third-order valence-electron chi connectivity index (χ3n) is 4.59. The van der Waals surface area contributed by atoms with Gasteiger partial charge in [0.25, 0.3) is 11.8 Å². The fraction of sp³-hybridized carbons (Fsp3) is 0.350. The minimum atomic E-state index is -0.289. The molecule has 7 heteroatoms. The van der Waals surface area contributed by atoms with E-state index in [-0.39, 0.29) is 43.1 Å². The molecular formula is C20H24ClN3O3. The highest BCUT2D eigenvalue weighted by atomic mass is 35.5. The molecular weight excluding hydrogens is 366 g/mol. The number of carbonyl (C=O) groups excluding carboxylic acids is 3. The molecule has 2 aromatic carbocycles. The Bertz CT molecular complexity index is 803. The Balaban J connectivity index is 0.00000261. The second-order valence-corrected chi connectivity index (χ2v) is 6.42. The number of rotatable bonds is 8. The molecule has 1 aliphatic rings. The number of nitrogens with zero attached hydrogens (tertiary/aromatic N) is 1. The van der Waals surface area contributed by atoms with E-state index in [4.69, 9.17) is 5.73 Å². The summed E-state index contributed by atoms with van der Waals surface area (Å²) in [5.74, 6) is -0.647. The Labute approximate surface area is 164 Å². The first-order valence-electron chi connectivity index (χ1n) is 8.98. The first-order valence-corrected chi connectivity index (χ1v) is 8.98. The third kappa shape index (κ3) is 4.46. The first-order chi connectivity index (χ1) is 12.6. The molecule has 0 aromatic heterocycles. The Kier molecular flexibility index (Phi) is 7.33. The first kappa shape index (κ1) is 20.9. The summed E-state index contributed by atoms with van der Waals surface area (Å²) in [6.07, 6.45) is 2.46. The number of hydrogen-bond acceptors (Lipinski definition) is 4. The molecule has 0 fully saturated rings. The van der Waals surface area contributed by atoms with E-state index in [0.717, 1.165) is 23.6 Å². The van der Waals surface area contributed by atoms with Gasteiger partial charge in [-0.25, -0.2) is 0 Å². The average Bonchev–Trinajstić information content (AvgIpc) is 2.66. The van der Waals surface area contributed by atoms with Crippen LogP contribution >= 0.6 is 12.4 Å². The molecule has 27 heavy (non-hydrogen) atoms. The van der Waals surface area contributed by atoms with Crippen LogP contribution in [0.4, 0.5) is 0 Å². The van der Waals surface area contributed by atoms with Crippen LogP contribution in [0.15, 0.2) is 36.4 Å². The molecule has 0 atom stereocenters. The van der Waals surface area contributed by atoms with Crippen LogP contribution in [0.2, 0.25) is 0 Å². The molecule has 0 radical (unpaired) electrons. The summed E-state index contributed by atoms with van der Waals surface area (Å²) in [6, 6.07) is 10.9. The van der Waals surface area contributed by atoms with Gasteiger partial charge >= 0.3 is 0 Å². The third-order valence-corrected chi connectivity index (χ3v) is 4.59. The highest BCUT2D eigenvalue weighted by Crippen LogP contribution is 2.29. The van der Waals surface area contributed by atoms with Crippen LogP contribution in [0.1, 0.15) is 46.4 Å². The summed E-state index contributed by atoms with van der Waals surface area (Å²) in [4.78, 5) is 38.5. The van der Waals surface area contributed by atoms with E-state index in [9.17, 15) is 14.4 Å². The molecule has 3 rings (SSSR count). The topological polar surface area (TPSA) is 92.5 Å². The smallest absolute Gasteiger partial charge is 0.261 e. The van der Waals surface area contributed by atoms with E-state index >= 15 is 0 Å². The number of imide groups is 1. The Hall–Kier alpha value is -2.44. The lowest BCUT2D eigenvalue weighted by Crippen LogP contribution is -2.41. The number of nitrogens with one attached hydrogen (secondary N) is 1. The van der Waals surface area contributed by atoms with E-state index in [1.165, 1.54) is 4.90 Å². The maximum Gasteiger partial charge on any atom is 0.261 e. The fourth-order valence-corrected chi connectivity index (χ4v) is 3.27. The van der Waals surface area contributed by atoms with E-state index in [2.05, 4.69) is 5.32 Å². The summed E-state index contributed by atoms with van der Waals surface area (Å²) in [5.41, 5.74) is 6.50. The van der Waals surface area contributed by atoms with Crippen molar-refractivity contribution in [2.24, 2.45) is 5.73 Å². The van der Waals surface area contributed by atoms with Gasteiger partial charge in [0.1, 0.15) is 0 Å². The molecule has 1 aliphatic heterocycles. The van der Waals surface area contributed by atoms with Gasteiger partial charge < -0.3 is 11.1 Å². The van der Waals surface area contributed by atoms with Crippen LogP contribution in [-0.2, 0) is 4.79 Å². The van der Waals surface area contributed by atoms with Gasteiger partial charge in [-0.15, -0.1) is 12.4 Å². The molecule has 2 aromatic rings. The molecule has 0 bridgehead atoms. The van der Waals surface area contributed by atoms with Crippen molar-refractivity contribution in [1.82, 2.24) is 10.2 Å². The number of amides is 3. The van der Waals surface area contributed by atoms with Crippen molar-refractivity contribution in [3.8, 4) is 0 Å². The zero-order valence-electron chi connectivity index (χ0n) is 15.1. The lowest BCUT2D eigenvalue weighted by Gasteiger charge is -2.27. The average molecular weight is 390 g/mol. The maximum absolute atomic E-state index is 12.7. The minimum absolute atomic E-state index is 0. The molecule has 0 saturated carbocycles. The second-order valence-electron chi connectivity index (χ2n) is 6.42. The molecule has 3 N–H and O–H groups in total. The summed E-state index contributed by atoms with van der Waals surface area (Å²) in [6.45, 7) is 1.45. The number of halogens is 1. The van der Waals surface area contributed by atoms with Crippen molar-refractivity contribution >= 4 is 40.9 Å². The van der Waals surface area contributed by atoms with E-state index in [1.54, 1.807) is 12.1 Å². The van der Waals surface area contributed by atoms with Crippen LogP contribution < -0.4 is 11.1 Å². The predicted molar refractivity (Wildman–Crippen MR) is 107 cm³/mol. The van der Waals surface area contributed by atoms with Gasteiger partial charge in [0.05, 0.1) is 0 Å². The Morgan fingerprint density at radius 3 is 2.19 bits per heavy atom. The second kappa shape index (κ2) is 9.48. The van der Waals surface area contributed by atoms with Crippen LogP contribution in [0.25, 0.3) is 10.8 Å². The molecule has 144 valence electrons. The molecule has 0 saturated heterocycles. The van der Waals surface area contributed by atoms with Crippen molar-refractivity contribution in [2.75, 3.05) is 19.6 Å². The zero-order valence-corrected chi connectivity index (χ0v) is 15.9. The Morgan fingerprint density at radius 2 is 1.59 bits per heavy atom. The number of carbonyl (C=O) groups is 3. The maximum atomic E-state index is 12.7. The van der Waals surface area contributed by atoms with E-state index in [0.29, 0.717) is 30.6 Å². The monoisotopic (exact) mass is 389 g/mol. The van der Waals surface area contributed by atoms with Gasteiger partial charge in [-0.1, -0.05) is 24.3 Å². The molecule has 0 aliphatic carbocycles. The van der Waals surface area contributed by atoms with Gasteiger partial charge in [0, 0.05) is 36.0 Å². The highest BCUT2D eigenvalue weighted by Gasteiger charge is 2.32. The van der Waals surface area contributed by atoms with Gasteiger partial charge in [-0.05, 0) is 43.3 Å². The van der Waals surface area contributed by atoms with Gasteiger partial charge in [0.15, 0.2) is 0 Å². The normalized spacial score (nSPS) is 12.9. The molecule has 0 unspecified atom stereocenters.